The Morgan fingerprint density at radius 1 is 1.39 bits per heavy atom. The molecule has 0 aliphatic rings. The Bertz CT molecular complexity index is 499. The molecule has 0 saturated carbocycles. The summed E-state index contributed by atoms with van der Waals surface area (Å²) in [6, 6.07) is 9.48. The van der Waals surface area contributed by atoms with Crippen LogP contribution in [0.3, 0.4) is 0 Å². The van der Waals surface area contributed by atoms with Gasteiger partial charge in [0.05, 0.1) is 0 Å². The zero-order valence-corrected chi connectivity index (χ0v) is 13.1. The van der Waals surface area contributed by atoms with Crippen LogP contribution in [0.25, 0.3) is 0 Å². The summed E-state index contributed by atoms with van der Waals surface area (Å²) in [5.74, 6) is -0.172. The number of hydrogen-bond acceptors (Lipinski definition) is 2. The number of hydrogen-bond donors (Lipinski definition) is 1. The second-order valence-electron chi connectivity index (χ2n) is 4.06. The molecular weight excluding hydrogens is 360 g/mol. The lowest BCUT2D eigenvalue weighted by Gasteiger charge is -2.19. The first-order valence-electron chi connectivity index (χ1n) is 5.91. The highest BCUT2D eigenvalue weighted by molar-refractivity contribution is 14.1. The van der Waals surface area contributed by atoms with Crippen LogP contribution in [0.5, 0.6) is 0 Å². The fourth-order valence-electron chi connectivity index (χ4n) is 1.95. The first kappa shape index (κ1) is 14.0. The van der Waals surface area contributed by atoms with Gasteiger partial charge in [-0.1, -0.05) is 19.1 Å². The first-order valence-corrected chi connectivity index (χ1v) is 7.87. The summed E-state index contributed by atoms with van der Waals surface area (Å²) in [6.07, 6.45) is 0.952. The summed E-state index contributed by atoms with van der Waals surface area (Å²) in [7, 11) is 0. The van der Waals surface area contributed by atoms with Gasteiger partial charge in [-0.25, -0.2) is 4.39 Å². The summed E-state index contributed by atoms with van der Waals surface area (Å²) in [4.78, 5) is 1.35. The normalized spacial score (nSPS) is 12.6. The largest absolute Gasteiger partial charge is 0.310 e. The van der Waals surface area contributed by atoms with E-state index in [1.165, 1.54) is 16.5 Å². The summed E-state index contributed by atoms with van der Waals surface area (Å²) in [5.41, 5.74) is 1.17. The molecule has 1 aromatic carbocycles. The van der Waals surface area contributed by atoms with Gasteiger partial charge in [-0.3, -0.25) is 0 Å². The zero-order valence-electron chi connectivity index (χ0n) is 10.1. The fraction of sp³-hybridized carbons (Fsp3) is 0.286. The van der Waals surface area contributed by atoms with Gasteiger partial charge in [0.2, 0.25) is 0 Å². The van der Waals surface area contributed by atoms with Gasteiger partial charge in [-0.2, -0.15) is 0 Å². The highest BCUT2D eigenvalue weighted by atomic mass is 127. The van der Waals surface area contributed by atoms with E-state index in [9.17, 15) is 4.39 Å². The maximum Gasteiger partial charge on any atom is 0.124 e. The SMILES string of the molecule is CCNC(Cc1cccs1)c1ccc(F)cc1I. The number of rotatable bonds is 5. The van der Waals surface area contributed by atoms with E-state index in [0.717, 1.165) is 16.5 Å². The van der Waals surface area contributed by atoms with Crippen molar-refractivity contribution >= 4 is 33.9 Å². The van der Waals surface area contributed by atoms with E-state index in [0.29, 0.717) is 0 Å². The second kappa shape index (κ2) is 6.63. The van der Waals surface area contributed by atoms with E-state index < -0.39 is 0 Å². The van der Waals surface area contributed by atoms with Crippen LogP contribution in [0.15, 0.2) is 35.7 Å². The lowest BCUT2D eigenvalue weighted by molar-refractivity contribution is 0.548. The van der Waals surface area contributed by atoms with E-state index in [4.69, 9.17) is 0 Å². The minimum absolute atomic E-state index is 0.172. The average molecular weight is 375 g/mol. The van der Waals surface area contributed by atoms with Crippen LogP contribution in [0.4, 0.5) is 4.39 Å². The molecule has 2 rings (SSSR count). The van der Waals surface area contributed by atoms with E-state index in [1.54, 1.807) is 17.4 Å². The molecule has 0 fully saturated rings. The summed E-state index contributed by atoms with van der Waals surface area (Å²) in [5, 5.41) is 5.57. The van der Waals surface area contributed by atoms with E-state index in [-0.39, 0.29) is 11.9 Å². The van der Waals surface area contributed by atoms with Crippen molar-refractivity contribution in [1.29, 1.82) is 0 Å². The predicted octanol–water partition coefficient (Wildman–Crippen LogP) is 4.39. The second-order valence-corrected chi connectivity index (χ2v) is 6.25. The van der Waals surface area contributed by atoms with Crippen LogP contribution < -0.4 is 5.32 Å². The summed E-state index contributed by atoms with van der Waals surface area (Å²) in [6.45, 7) is 3.00. The molecule has 0 saturated heterocycles. The van der Waals surface area contributed by atoms with Crippen molar-refractivity contribution in [1.82, 2.24) is 5.32 Å². The monoisotopic (exact) mass is 375 g/mol. The smallest absolute Gasteiger partial charge is 0.124 e. The molecule has 0 spiro atoms. The molecule has 4 heteroatoms. The Balaban J connectivity index is 2.23. The number of halogens is 2. The topological polar surface area (TPSA) is 12.0 Å². The lowest BCUT2D eigenvalue weighted by atomic mass is 10.0. The molecule has 2 aromatic rings. The standard InChI is InChI=1S/C14H15FINS/c1-2-17-14(9-11-4-3-7-18-11)12-6-5-10(15)8-13(12)16/h3-8,14,17H,2,9H2,1H3. The van der Waals surface area contributed by atoms with Crippen LogP contribution in [0.1, 0.15) is 23.4 Å². The minimum Gasteiger partial charge on any atom is -0.310 e. The summed E-state index contributed by atoms with van der Waals surface area (Å²) >= 11 is 3.97. The van der Waals surface area contributed by atoms with E-state index >= 15 is 0 Å². The molecule has 0 aliphatic heterocycles. The van der Waals surface area contributed by atoms with E-state index in [1.807, 2.05) is 6.07 Å². The van der Waals surface area contributed by atoms with Crippen LogP contribution in [0, 0.1) is 9.39 Å². The van der Waals surface area contributed by atoms with Crippen molar-refractivity contribution in [3.05, 3.63) is 55.5 Å². The first-order chi connectivity index (χ1) is 8.70. The van der Waals surface area contributed by atoms with Gasteiger partial charge < -0.3 is 5.32 Å². The third-order valence-corrected chi connectivity index (χ3v) is 4.61. The molecule has 1 nitrogen and oxygen atoms in total. The zero-order chi connectivity index (χ0) is 13.0. The van der Waals surface area contributed by atoms with Gasteiger partial charge in [-0.05, 0) is 58.3 Å². The van der Waals surface area contributed by atoms with Crippen LogP contribution >= 0.6 is 33.9 Å². The minimum atomic E-state index is -0.172. The highest BCUT2D eigenvalue weighted by Crippen LogP contribution is 2.25. The number of thiophene rings is 1. The lowest BCUT2D eigenvalue weighted by Crippen LogP contribution is -2.23. The van der Waals surface area contributed by atoms with Gasteiger partial charge in [0.15, 0.2) is 0 Å². The Hall–Kier alpha value is -0.460. The third kappa shape index (κ3) is 3.52. The molecule has 96 valence electrons. The maximum atomic E-state index is 13.2. The van der Waals surface area contributed by atoms with Crippen molar-refractivity contribution in [2.75, 3.05) is 6.54 Å². The Kier molecular flexibility index (Phi) is 5.14. The molecule has 1 N–H and O–H groups in total. The predicted molar refractivity (Wildman–Crippen MR) is 83.6 cm³/mol. The van der Waals surface area contributed by atoms with Crippen molar-refractivity contribution in [2.45, 2.75) is 19.4 Å². The number of benzene rings is 1. The average Bonchev–Trinajstić information content (AvgIpc) is 2.81. The van der Waals surface area contributed by atoms with Gasteiger partial charge in [0, 0.05) is 20.9 Å². The van der Waals surface area contributed by atoms with Crippen LogP contribution in [-0.4, -0.2) is 6.54 Å². The fourth-order valence-corrected chi connectivity index (χ4v) is 3.56. The molecular formula is C14H15FINS. The molecule has 0 radical (unpaired) electrons. The van der Waals surface area contributed by atoms with Crippen molar-refractivity contribution in [2.24, 2.45) is 0 Å². The van der Waals surface area contributed by atoms with Gasteiger partial charge in [0.1, 0.15) is 5.82 Å². The molecule has 18 heavy (non-hydrogen) atoms. The van der Waals surface area contributed by atoms with Gasteiger partial charge in [0.25, 0.3) is 0 Å². The third-order valence-electron chi connectivity index (χ3n) is 2.77. The molecule has 1 unspecified atom stereocenters. The molecule has 0 amide bonds. The molecule has 1 atom stereocenters. The number of likely N-dealkylation sites (N-methyl/N-ethyl adjacent to an activating group) is 1. The number of nitrogens with one attached hydrogen (secondary N) is 1. The van der Waals surface area contributed by atoms with Crippen LogP contribution in [-0.2, 0) is 6.42 Å². The molecule has 0 aliphatic carbocycles. The molecule has 0 bridgehead atoms. The van der Waals surface area contributed by atoms with E-state index in [2.05, 4.69) is 52.3 Å². The van der Waals surface area contributed by atoms with Gasteiger partial charge >= 0.3 is 0 Å². The Morgan fingerprint density at radius 2 is 2.22 bits per heavy atom. The molecule has 1 heterocycles. The highest BCUT2D eigenvalue weighted by Gasteiger charge is 2.15. The van der Waals surface area contributed by atoms with Crippen molar-refractivity contribution in [3.8, 4) is 0 Å². The Morgan fingerprint density at radius 3 is 2.83 bits per heavy atom. The summed E-state index contributed by atoms with van der Waals surface area (Å²) < 4.78 is 14.1. The van der Waals surface area contributed by atoms with Crippen LogP contribution in [0.2, 0.25) is 0 Å². The Labute approximate surface area is 125 Å². The van der Waals surface area contributed by atoms with Gasteiger partial charge in [-0.15, -0.1) is 11.3 Å². The van der Waals surface area contributed by atoms with Crippen molar-refractivity contribution < 1.29 is 4.39 Å². The maximum absolute atomic E-state index is 13.2. The molecule has 1 aromatic heterocycles. The van der Waals surface area contributed by atoms with Crippen molar-refractivity contribution in [3.63, 3.8) is 0 Å². The quantitative estimate of drug-likeness (QED) is 0.765.